The van der Waals surface area contributed by atoms with Crippen molar-refractivity contribution in [3.8, 4) is 0 Å². The van der Waals surface area contributed by atoms with Gasteiger partial charge >= 0.3 is 0 Å². The Balaban J connectivity index is 2.09. The lowest BCUT2D eigenvalue weighted by atomic mass is 10.1. The molecule has 20 heavy (non-hydrogen) atoms. The van der Waals surface area contributed by atoms with Gasteiger partial charge in [-0.15, -0.1) is 0 Å². The number of nitrogens with two attached hydrogens (primary N) is 1. The van der Waals surface area contributed by atoms with Crippen molar-refractivity contribution < 1.29 is 9.18 Å². The van der Waals surface area contributed by atoms with Gasteiger partial charge in [0.05, 0.1) is 29.0 Å². The highest BCUT2D eigenvalue weighted by Crippen LogP contribution is 2.30. The largest absolute Gasteiger partial charge is 0.377 e. The van der Waals surface area contributed by atoms with Crippen LogP contribution in [0.25, 0.3) is 5.52 Å². The van der Waals surface area contributed by atoms with Crippen LogP contribution in [-0.4, -0.2) is 27.7 Å². The summed E-state index contributed by atoms with van der Waals surface area (Å²) in [7, 11) is 0. The number of carbonyl (C=O) groups excluding carboxylic acids is 1. The Bertz CT molecular complexity index is 672. The SMILES string of the molecule is NC(=O)c1cnn2cc(Br)cc2c1N[C@@H]1CCC[C@@H]1F. The molecule has 106 valence electrons. The fraction of sp³-hybridized carbons (Fsp3) is 0.385. The van der Waals surface area contributed by atoms with Crippen molar-refractivity contribution in [2.24, 2.45) is 5.73 Å². The molecule has 1 aliphatic carbocycles. The van der Waals surface area contributed by atoms with Crippen LogP contribution in [-0.2, 0) is 0 Å². The Morgan fingerprint density at radius 2 is 2.35 bits per heavy atom. The molecule has 1 saturated carbocycles. The van der Waals surface area contributed by atoms with E-state index in [4.69, 9.17) is 5.73 Å². The Morgan fingerprint density at radius 3 is 3.00 bits per heavy atom. The van der Waals surface area contributed by atoms with E-state index in [-0.39, 0.29) is 11.6 Å². The first-order valence-corrected chi connectivity index (χ1v) is 7.23. The van der Waals surface area contributed by atoms with Gasteiger partial charge in [0.2, 0.25) is 0 Å². The van der Waals surface area contributed by atoms with Gasteiger partial charge in [0.15, 0.2) is 0 Å². The number of primary amides is 1. The molecule has 7 heteroatoms. The maximum Gasteiger partial charge on any atom is 0.252 e. The van der Waals surface area contributed by atoms with Gasteiger partial charge in [0.1, 0.15) is 6.17 Å². The zero-order valence-corrected chi connectivity index (χ0v) is 12.2. The summed E-state index contributed by atoms with van der Waals surface area (Å²) in [6.07, 6.45) is 4.42. The minimum absolute atomic E-state index is 0.280. The van der Waals surface area contributed by atoms with Crippen LogP contribution in [0.15, 0.2) is 22.9 Å². The molecule has 0 saturated heterocycles. The van der Waals surface area contributed by atoms with Gasteiger partial charge in [-0.2, -0.15) is 5.10 Å². The number of rotatable bonds is 3. The van der Waals surface area contributed by atoms with Crippen LogP contribution >= 0.6 is 15.9 Å². The van der Waals surface area contributed by atoms with Crippen molar-refractivity contribution in [2.45, 2.75) is 31.5 Å². The van der Waals surface area contributed by atoms with E-state index in [0.717, 1.165) is 17.3 Å². The van der Waals surface area contributed by atoms with E-state index < -0.39 is 12.1 Å². The Kier molecular flexibility index (Phi) is 3.37. The fourth-order valence-corrected chi connectivity index (χ4v) is 3.04. The second-order valence-corrected chi connectivity index (χ2v) is 5.90. The van der Waals surface area contributed by atoms with E-state index in [2.05, 4.69) is 26.3 Å². The third kappa shape index (κ3) is 2.26. The van der Waals surface area contributed by atoms with Crippen LogP contribution in [0.2, 0.25) is 0 Å². The highest BCUT2D eigenvalue weighted by atomic mass is 79.9. The molecule has 0 bridgehead atoms. The van der Waals surface area contributed by atoms with Crippen molar-refractivity contribution in [1.82, 2.24) is 9.61 Å². The van der Waals surface area contributed by atoms with E-state index in [1.54, 1.807) is 10.7 Å². The van der Waals surface area contributed by atoms with Gasteiger partial charge < -0.3 is 11.1 Å². The quantitative estimate of drug-likeness (QED) is 0.901. The molecule has 1 aliphatic rings. The zero-order chi connectivity index (χ0) is 14.3. The molecule has 2 atom stereocenters. The van der Waals surface area contributed by atoms with Crippen LogP contribution in [0, 0.1) is 0 Å². The number of nitrogens with zero attached hydrogens (tertiary/aromatic N) is 2. The molecule has 5 nitrogen and oxygen atoms in total. The smallest absolute Gasteiger partial charge is 0.252 e. The molecule has 3 N–H and O–H groups in total. The minimum atomic E-state index is -0.901. The summed E-state index contributed by atoms with van der Waals surface area (Å²) in [5.74, 6) is -0.576. The predicted molar refractivity (Wildman–Crippen MR) is 77.6 cm³/mol. The third-order valence-corrected chi connectivity index (χ3v) is 4.06. The molecule has 0 spiro atoms. The van der Waals surface area contributed by atoms with Crippen molar-refractivity contribution in [2.75, 3.05) is 5.32 Å². The second kappa shape index (κ2) is 5.05. The molecule has 1 fully saturated rings. The van der Waals surface area contributed by atoms with E-state index in [1.165, 1.54) is 6.20 Å². The second-order valence-electron chi connectivity index (χ2n) is 4.98. The molecule has 0 aromatic carbocycles. The fourth-order valence-electron chi connectivity index (χ4n) is 2.63. The normalized spacial score (nSPS) is 22.3. The Hall–Kier alpha value is -1.63. The number of nitrogens with one attached hydrogen (secondary N) is 1. The average Bonchev–Trinajstić information content (AvgIpc) is 2.95. The number of anilines is 1. The summed E-state index contributed by atoms with van der Waals surface area (Å²) < 4.78 is 16.3. The molecule has 2 aromatic heterocycles. The van der Waals surface area contributed by atoms with Crippen LogP contribution in [0.1, 0.15) is 29.6 Å². The number of halogens is 2. The van der Waals surface area contributed by atoms with Gasteiger partial charge in [-0.1, -0.05) is 0 Å². The summed E-state index contributed by atoms with van der Waals surface area (Å²) in [5.41, 5.74) is 6.92. The zero-order valence-electron chi connectivity index (χ0n) is 10.6. The number of amides is 1. The van der Waals surface area contributed by atoms with Gasteiger partial charge in [-0.05, 0) is 41.3 Å². The van der Waals surface area contributed by atoms with Gasteiger partial charge in [-0.25, -0.2) is 8.91 Å². The first-order chi connectivity index (χ1) is 9.56. The van der Waals surface area contributed by atoms with E-state index >= 15 is 0 Å². The summed E-state index contributed by atoms with van der Waals surface area (Å²) in [5, 5.41) is 7.27. The number of carbonyl (C=O) groups is 1. The van der Waals surface area contributed by atoms with E-state index in [0.29, 0.717) is 17.6 Å². The lowest BCUT2D eigenvalue weighted by Gasteiger charge is -2.19. The van der Waals surface area contributed by atoms with Crippen LogP contribution in [0.5, 0.6) is 0 Å². The predicted octanol–water partition coefficient (Wildman–Crippen LogP) is 2.50. The first kappa shape index (κ1) is 13.4. The van der Waals surface area contributed by atoms with Gasteiger partial charge in [0, 0.05) is 10.7 Å². The minimum Gasteiger partial charge on any atom is -0.377 e. The molecule has 0 radical (unpaired) electrons. The Labute approximate surface area is 123 Å². The third-order valence-electron chi connectivity index (χ3n) is 3.63. The van der Waals surface area contributed by atoms with Crippen LogP contribution in [0.3, 0.4) is 0 Å². The number of hydrogen-bond acceptors (Lipinski definition) is 3. The molecule has 0 aliphatic heterocycles. The molecular formula is C13H14BrFN4O. The molecule has 0 unspecified atom stereocenters. The maximum absolute atomic E-state index is 13.8. The van der Waals surface area contributed by atoms with E-state index in [9.17, 15) is 9.18 Å². The first-order valence-electron chi connectivity index (χ1n) is 6.43. The summed E-state index contributed by atoms with van der Waals surface area (Å²) >= 11 is 3.37. The average molecular weight is 341 g/mol. The number of alkyl halides is 1. The lowest BCUT2D eigenvalue weighted by molar-refractivity contribution is 0.100. The maximum atomic E-state index is 13.8. The summed E-state index contributed by atoms with van der Waals surface area (Å²) in [6.45, 7) is 0. The summed E-state index contributed by atoms with van der Waals surface area (Å²) in [4.78, 5) is 11.6. The molecule has 3 rings (SSSR count). The van der Waals surface area contributed by atoms with Gasteiger partial charge in [-0.3, -0.25) is 4.79 Å². The molecule has 2 aromatic rings. The van der Waals surface area contributed by atoms with Crippen molar-refractivity contribution in [3.05, 3.63) is 28.5 Å². The highest BCUT2D eigenvalue weighted by Gasteiger charge is 2.28. The van der Waals surface area contributed by atoms with E-state index in [1.807, 2.05) is 6.07 Å². The number of aromatic nitrogens is 2. The van der Waals surface area contributed by atoms with Crippen LogP contribution in [0.4, 0.5) is 10.1 Å². The van der Waals surface area contributed by atoms with Crippen molar-refractivity contribution >= 4 is 33.0 Å². The number of fused-ring (bicyclic) bond motifs is 1. The van der Waals surface area contributed by atoms with Crippen LogP contribution < -0.4 is 11.1 Å². The monoisotopic (exact) mass is 340 g/mol. The number of hydrogen-bond donors (Lipinski definition) is 2. The summed E-state index contributed by atoms with van der Waals surface area (Å²) in [6, 6.07) is 1.54. The van der Waals surface area contributed by atoms with Gasteiger partial charge in [0.25, 0.3) is 5.91 Å². The molecule has 1 amide bonds. The topological polar surface area (TPSA) is 72.4 Å². The van der Waals surface area contributed by atoms with Crippen molar-refractivity contribution in [3.63, 3.8) is 0 Å². The highest BCUT2D eigenvalue weighted by molar-refractivity contribution is 9.10. The molecular weight excluding hydrogens is 327 g/mol. The standard InChI is InChI=1S/C13H14BrFN4O/c14-7-4-11-12(18-10-3-1-2-9(10)15)8(13(16)20)5-17-19(11)6-7/h4-6,9-10,18H,1-3H2,(H2,16,20)/t9-,10+/m0/s1. The van der Waals surface area contributed by atoms with Crippen molar-refractivity contribution in [1.29, 1.82) is 0 Å². The molecule has 2 heterocycles. The Morgan fingerprint density at radius 1 is 1.55 bits per heavy atom. The lowest BCUT2D eigenvalue weighted by Crippen LogP contribution is -2.27.